The van der Waals surface area contributed by atoms with Crippen LogP contribution in [0.25, 0.3) is 0 Å². The lowest BCUT2D eigenvalue weighted by atomic mass is 10.1. The predicted octanol–water partition coefficient (Wildman–Crippen LogP) is 2.54. The standard InChI is InChI=1S/C17H17F2N5O2/c1-23-9-8-20-15(23)14(11-4-3-5-12(10-11)26-2)22-16(25)13-6-7-21-24(13)17(18)19/h3-10,14,17H,1-2H3,(H,22,25)/t14-/m1/s1. The van der Waals surface area contributed by atoms with E-state index in [1.165, 1.54) is 13.2 Å². The van der Waals surface area contributed by atoms with E-state index in [1.807, 2.05) is 0 Å². The highest BCUT2D eigenvalue weighted by molar-refractivity contribution is 5.93. The Hall–Kier alpha value is -3.23. The van der Waals surface area contributed by atoms with E-state index in [2.05, 4.69) is 15.4 Å². The van der Waals surface area contributed by atoms with Gasteiger partial charge < -0.3 is 14.6 Å². The highest BCUT2D eigenvalue weighted by Crippen LogP contribution is 2.25. The van der Waals surface area contributed by atoms with Crippen molar-refractivity contribution >= 4 is 5.91 Å². The molecule has 0 saturated carbocycles. The molecule has 1 N–H and O–H groups in total. The summed E-state index contributed by atoms with van der Waals surface area (Å²) in [7, 11) is 3.32. The van der Waals surface area contributed by atoms with Crippen LogP contribution in [0.3, 0.4) is 0 Å². The molecule has 0 aliphatic heterocycles. The fraction of sp³-hybridized carbons (Fsp3) is 0.235. The van der Waals surface area contributed by atoms with Crippen LogP contribution in [0.15, 0.2) is 48.9 Å². The minimum absolute atomic E-state index is 0.234. The van der Waals surface area contributed by atoms with Gasteiger partial charge in [-0.15, -0.1) is 0 Å². The molecule has 0 bridgehead atoms. The van der Waals surface area contributed by atoms with E-state index >= 15 is 0 Å². The monoisotopic (exact) mass is 361 g/mol. The first-order chi connectivity index (χ1) is 12.5. The number of imidazole rings is 1. The number of nitrogens with one attached hydrogen (secondary N) is 1. The smallest absolute Gasteiger partial charge is 0.333 e. The number of nitrogens with zero attached hydrogens (tertiary/aromatic N) is 4. The van der Waals surface area contributed by atoms with Crippen molar-refractivity contribution in [1.82, 2.24) is 24.6 Å². The van der Waals surface area contributed by atoms with Gasteiger partial charge in [-0.05, 0) is 23.8 Å². The summed E-state index contributed by atoms with van der Waals surface area (Å²) in [5.41, 5.74) is 0.470. The second-order valence-corrected chi connectivity index (χ2v) is 5.52. The molecule has 1 aromatic carbocycles. The first-order valence-corrected chi connectivity index (χ1v) is 7.75. The Kier molecular flexibility index (Phi) is 4.97. The molecule has 1 amide bonds. The van der Waals surface area contributed by atoms with Gasteiger partial charge in [0.25, 0.3) is 5.91 Å². The number of halogens is 2. The summed E-state index contributed by atoms with van der Waals surface area (Å²) < 4.78 is 33.4. The molecule has 0 fully saturated rings. The third kappa shape index (κ3) is 3.41. The number of hydrogen-bond acceptors (Lipinski definition) is 4. The third-order valence-electron chi connectivity index (χ3n) is 3.91. The minimum Gasteiger partial charge on any atom is -0.497 e. The van der Waals surface area contributed by atoms with E-state index in [-0.39, 0.29) is 5.69 Å². The summed E-state index contributed by atoms with van der Waals surface area (Å²) in [5, 5.41) is 6.24. The minimum atomic E-state index is -2.91. The van der Waals surface area contributed by atoms with E-state index in [0.717, 1.165) is 6.20 Å². The van der Waals surface area contributed by atoms with Gasteiger partial charge in [-0.1, -0.05) is 12.1 Å². The second kappa shape index (κ2) is 7.34. The van der Waals surface area contributed by atoms with Crippen molar-refractivity contribution in [2.75, 3.05) is 7.11 Å². The van der Waals surface area contributed by atoms with Crippen LogP contribution in [0.4, 0.5) is 8.78 Å². The summed E-state index contributed by atoms with van der Waals surface area (Å²) >= 11 is 0. The molecule has 136 valence electrons. The first-order valence-electron chi connectivity index (χ1n) is 7.75. The Morgan fingerprint density at radius 2 is 2.08 bits per heavy atom. The van der Waals surface area contributed by atoms with Crippen LogP contribution in [0.1, 0.15) is 34.5 Å². The average molecular weight is 361 g/mol. The molecular formula is C17H17F2N5O2. The number of aromatic nitrogens is 4. The summed E-state index contributed by atoms with van der Waals surface area (Å²) in [4.78, 5) is 16.9. The fourth-order valence-electron chi connectivity index (χ4n) is 2.63. The van der Waals surface area contributed by atoms with E-state index in [0.29, 0.717) is 21.8 Å². The number of alkyl halides is 2. The molecule has 0 unspecified atom stereocenters. The fourth-order valence-corrected chi connectivity index (χ4v) is 2.63. The van der Waals surface area contributed by atoms with Gasteiger partial charge in [0.1, 0.15) is 23.3 Å². The Bertz CT molecular complexity index is 906. The van der Waals surface area contributed by atoms with E-state index in [1.54, 1.807) is 48.3 Å². The molecule has 0 aliphatic rings. The van der Waals surface area contributed by atoms with Crippen molar-refractivity contribution < 1.29 is 18.3 Å². The molecule has 26 heavy (non-hydrogen) atoms. The quantitative estimate of drug-likeness (QED) is 0.732. The number of ether oxygens (including phenoxy) is 1. The molecule has 2 aromatic heterocycles. The molecule has 0 spiro atoms. The van der Waals surface area contributed by atoms with Gasteiger partial charge in [0.05, 0.1) is 7.11 Å². The predicted molar refractivity (Wildman–Crippen MR) is 89.0 cm³/mol. The zero-order valence-corrected chi connectivity index (χ0v) is 14.1. The number of amides is 1. The maximum Gasteiger partial charge on any atom is 0.333 e. The highest BCUT2D eigenvalue weighted by atomic mass is 19.3. The van der Waals surface area contributed by atoms with Crippen molar-refractivity contribution in [1.29, 1.82) is 0 Å². The van der Waals surface area contributed by atoms with Gasteiger partial charge in [-0.2, -0.15) is 18.6 Å². The molecule has 0 aliphatic carbocycles. The zero-order valence-electron chi connectivity index (χ0n) is 14.1. The molecule has 0 saturated heterocycles. The molecule has 9 heteroatoms. The topological polar surface area (TPSA) is 74.0 Å². The van der Waals surface area contributed by atoms with Crippen LogP contribution >= 0.6 is 0 Å². The van der Waals surface area contributed by atoms with Gasteiger partial charge >= 0.3 is 6.55 Å². The third-order valence-corrected chi connectivity index (χ3v) is 3.91. The number of aryl methyl sites for hydroxylation is 1. The molecule has 7 nitrogen and oxygen atoms in total. The molecule has 3 rings (SSSR count). The van der Waals surface area contributed by atoms with Crippen molar-refractivity contribution in [3.8, 4) is 5.75 Å². The van der Waals surface area contributed by atoms with Gasteiger partial charge in [0.2, 0.25) is 0 Å². The maximum absolute atomic E-state index is 13.0. The van der Waals surface area contributed by atoms with Crippen molar-refractivity contribution in [2.24, 2.45) is 7.05 Å². The number of methoxy groups -OCH3 is 1. The molecule has 2 heterocycles. The Balaban J connectivity index is 1.97. The zero-order chi connectivity index (χ0) is 18.7. The molecule has 0 radical (unpaired) electrons. The lowest BCUT2D eigenvalue weighted by Gasteiger charge is -2.20. The van der Waals surface area contributed by atoms with Crippen molar-refractivity contribution in [3.63, 3.8) is 0 Å². The summed E-state index contributed by atoms with van der Waals surface area (Å²) in [5.74, 6) is 0.474. The van der Waals surface area contributed by atoms with Crippen LogP contribution < -0.4 is 10.1 Å². The lowest BCUT2D eigenvalue weighted by molar-refractivity contribution is 0.0507. The van der Waals surface area contributed by atoms with Crippen LogP contribution in [-0.2, 0) is 7.05 Å². The first kappa shape index (κ1) is 17.6. The van der Waals surface area contributed by atoms with Crippen LogP contribution in [-0.4, -0.2) is 32.3 Å². The highest BCUT2D eigenvalue weighted by Gasteiger charge is 2.25. The Morgan fingerprint density at radius 1 is 1.27 bits per heavy atom. The van der Waals surface area contributed by atoms with E-state index < -0.39 is 18.5 Å². The largest absolute Gasteiger partial charge is 0.497 e. The van der Waals surface area contributed by atoms with Gasteiger partial charge in [0.15, 0.2) is 0 Å². The van der Waals surface area contributed by atoms with E-state index in [4.69, 9.17) is 4.74 Å². The summed E-state index contributed by atoms with van der Waals surface area (Å²) in [6.45, 7) is -2.91. The SMILES string of the molecule is COc1cccc([C@@H](NC(=O)c2ccnn2C(F)F)c2nccn2C)c1. The molecule has 1 atom stereocenters. The lowest BCUT2D eigenvalue weighted by Crippen LogP contribution is -2.32. The van der Waals surface area contributed by atoms with Crippen molar-refractivity contribution in [3.05, 3.63) is 66.0 Å². The normalized spacial score (nSPS) is 12.2. The van der Waals surface area contributed by atoms with Crippen LogP contribution in [0.5, 0.6) is 5.75 Å². The summed E-state index contributed by atoms with van der Waals surface area (Å²) in [6, 6.07) is 7.68. The van der Waals surface area contributed by atoms with Crippen LogP contribution in [0, 0.1) is 0 Å². The summed E-state index contributed by atoms with van der Waals surface area (Å²) in [6.07, 6.45) is 4.48. The maximum atomic E-state index is 13.0. The molecular weight excluding hydrogens is 344 g/mol. The number of rotatable bonds is 6. The van der Waals surface area contributed by atoms with Crippen molar-refractivity contribution in [2.45, 2.75) is 12.6 Å². The average Bonchev–Trinajstić information content (AvgIpc) is 3.28. The number of carbonyl (C=O) groups excluding carboxylic acids is 1. The van der Waals surface area contributed by atoms with Gasteiger partial charge in [-0.25, -0.2) is 4.98 Å². The van der Waals surface area contributed by atoms with Gasteiger partial charge in [-0.3, -0.25) is 4.79 Å². The number of benzene rings is 1. The second-order valence-electron chi connectivity index (χ2n) is 5.52. The number of hydrogen-bond donors (Lipinski definition) is 1. The molecule has 3 aromatic rings. The van der Waals surface area contributed by atoms with Gasteiger partial charge in [0, 0.05) is 25.6 Å². The Labute approximate surface area is 148 Å². The van der Waals surface area contributed by atoms with E-state index in [9.17, 15) is 13.6 Å². The number of carbonyl (C=O) groups is 1. The Morgan fingerprint density at radius 3 is 2.73 bits per heavy atom. The van der Waals surface area contributed by atoms with Crippen LogP contribution in [0.2, 0.25) is 0 Å².